The van der Waals surface area contributed by atoms with Crippen molar-refractivity contribution in [1.82, 2.24) is 10.5 Å². The van der Waals surface area contributed by atoms with E-state index < -0.39 is 0 Å². The minimum absolute atomic E-state index is 0.0752. The van der Waals surface area contributed by atoms with Gasteiger partial charge < -0.3 is 14.6 Å². The van der Waals surface area contributed by atoms with Gasteiger partial charge in [0, 0.05) is 17.0 Å². The van der Waals surface area contributed by atoms with Crippen LogP contribution in [0.2, 0.25) is 0 Å². The Morgan fingerprint density at radius 3 is 2.68 bits per heavy atom. The Bertz CT molecular complexity index is 803. The number of hydrogen-bond donors (Lipinski definition) is 1. The number of nitrogens with one attached hydrogen (secondary N) is 1. The number of thiophene rings is 1. The van der Waals surface area contributed by atoms with Crippen molar-refractivity contribution in [3.63, 3.8) is 0 Å². The Morgan fingerprint density at radius 2 is 2.04 bits per heavy atom. The largest absolute Gasteiger partial charge is 0.489 e. The molecule has 0 spiro atoms. The van der Waals surface area contributed by atoms with E-state index in [0.29, 0.717) is 24.5 Å². The zero-order valence-corrected chi connectivity index (χ0v) is 15.1. The highest BCUT2D eigenvalue weighted by molar-refractivity contribution is 7.09. The summed E-state index contributed by atoms with van der Waals surface area (Å²) in [6.07, 6.45) is 0.849. The molecule has 0 fully saturated rings. The van der Waals surface area contributed by atoms with Crippen LogP contribution in [0.5, 0.6) is 5.75 Å². The maximum atomic E-state index is 12.1. The Morgan fingerprint density at radius 1 is 1.24 bits per heavy atom. The van der Waals surface area contributed by atoms with Crippen LogP contribution in [0.15, 0.2) is 46.3 Å². The van der Waals surface area contributed by atoms with Gasteiger partial charge in [-0.2, -0.15) is 0 Å². The molecule has 1 amide bonds. The van der Waals surface area contributed by atoms with Crippen molar-refractivity contribution in [2.45, 2.75) is 26.9 Å². The number of carbonyl (C=O) groups excluding carboxylic acids is 1. The molecule has 6 heteroatoms. The van der Waals surface area contributed by atoms with E-state index >= 15 is 0 Å². The summed E-state index contributed by atoms with van der Waals surface area (Å²) in [7, 11) is 0. The number of rotatable bonds is 7. The second-order valence-corrected chi connectivity index (χ2v) is 6.73. The number of hydrogen-bond acceptors (Lipinski definition) is 5. The van der Waals surface area contributed by atoms with Crippen LogP contribution in [0.1, 0.15) is 32.3 Å². The smallest absolute Gasteiger partial charge is 0.251 e. The molecule has 2 heterocycles. The Hall–Kier alpha value is -2.60. The second-order valence-electron chi connectivity index (χ2n) is 5.70. The number of aromatic nitrogens is 1. The van der Waals surface area contributed by atoms with Gasteiger partial charge in [0.15, 0.2) is 0 Å². The molecule has 0 saturated carbocycles. The number of aryl methyl sites for hydroxylation is 2. The van der Waals surface area contributed by atoms with Crippen LogP contribution in [-0.4, -0.2) is 17.6 Å². The summed E-state index contributed by atoms with van der Waals surface area (Å²) < 4.78 is 10.9. The van der Waals surface area contributed by atoms with E-state index in [1.807, 2.05) is 25.3 Å². The first kappa shape index (κ1) is 17.2. The Labute approximate surface area is 150 Å². The fourth-order valence-corrected chi connectivity index (χ4v) is 3.13. The molecule has 2 aromatic heterocycles. The molecule has 0 aliphatic rings. The SMILES string of the molecule is Cc1noc(C)c1COc1ccc(C(=O)NCCc2cccs2)cc1. The Kier molecular flexibility index (Phi) is 5.50. The van der Waals surface area contributed by atoms with Crippen molar-refractivity contribution < 1.29 is 14.1 Å². The molecular weight excluding hydrogens is 336 g/mol. The van der Waals surface area contributed by atoms with Crippen LogP contribution >= 0.6 is 11.3 Å². The minimum Gasteiger partial charge on any atom is -0.489 e. The van der Waals surface area contributed by atoms with Gasteiger partial charge in [-0.3, -0.25) is 4.79 Å². The number of carbonyl (C=O) groups is 1. The molecule has 1 aromatic carbocycles. The zero-order valence-electron chi connectivity index (χ0n) is 14.2. The normalized spacial score (nSPS) is 10.6. The summed E-state index contributed by atoms with van der Waals surface area (Å²) in [5.41, 5.74) is 2.41. The molecule has 0 aliphatic heterocycles. The number of nitrogens with zero attached hydrogens (tertiary/aromatic N) is 1. The van der Waals surface area contributed by atoms with E-state index in [2.05, 4.69) is 16.5 Å². The van der Waals surface area contributed by atoms with Gasteiger partial charge in [0.2, 0.25) is 0 Å². The summed E-state index contributed by atoms with van der Waals surface area (Å²) in [6, 6.07) is 11.2. The molecule has 5 nitrogen and oxygen atoms in total. The van der Waals surface area contributed by atoms with Gasteiger partial charge in [-0.15, -0.1) is 11.3 Å². The number of ether oxygens (including phenoxy) is 1. The summed E-state index contributed by atoms with van der Waals surface area (Å²) in [4.78, 5) is 13.4. The molecule has 0 radical (unpaired) electrons. The third-order valence-corrected chi connectivity index (χ3v) is 4.85. The second kappa shape index (κ2) is 7.98. The van der Waals surface area contributed by atoms with Crippen molar-refractivity contribution in [3.8, 4) is 5.75 Å². The van der Waals surface area contributed by atoms with Crippen molar-refractivity contribution in [1.29, 1.82) is 0 Å². The lowest BCUT2D eigenvalue weighted by Crippen LogP contribution is -2.25. The zero-order chi connectivity index (χ0) is 17.6. The maximum absolute atomic E-state index is 12.1. The van der Waals surface area contributed by atoms with Crippen LogP contribution in [0, 0.1) is 13.8 Å². The molecule has 0 atom stereocenters. The lowest BCUT2D eigenvalue weighted by molar-refractivity contribution is 0.0954. The molecule has 3 rings (SSSR count). The number of amides is 1. The third-order valence-electron chi connectivity index (χ3n) is 3.92. The molecule has 0 unspecified atom stereocenters. The van der Waals surface area contributed by atoms with Crippen LogP contribution in [0.3, 0.4) is 0 Å². The monoisotopic (exact) mass is 356 g/mol. The highest BCUT2D eigenvalue weighted by Crippen LogP contribution is 2.18. The highest BCUT2D eigenvalue weighted by atomic mass is 32.1. The highest BCUT2D eigenvalue weighted by Gasteiger charge is 2.10. The summed E-state index contributed by atoms with van der Waals surface area (Å²) in [6.45, 7) is 4.78. The van der Waals surface area contributed by atoms with E-state index in [-0.39, 0.29) is 5.91 Å². The van der Waals surface area contributed by atoms with Gasteiger partial charge in [-0.05, 0) is 56.0 Å². The van der Waals surface area contributed by atoms with Crippen LogP contribution < -0.4 is 10.1 Å². The van der Waals surface area contributed by atoms with Crippen molar-refractivity contribution in [2.24, 2.45) is 0 Å². The van der Waals surface area contributed by atoms with E-state index in [9.17, 15) is 4.79 Å². The molecule has 3 aromatic rings. The van der Waals surface area contributed by atoms with Gasteiger partial charge in [0.25, 0.3) is 5.91 Å². The first-order chi connectivity index (χ1) is 12.1. The average molecular weight is 356 g/mol. The van der Waals surface area contributed by atoms with Gasteiger partial charge in [0.1, 0.15) is 18.1 Å². The summed E-state index contributed by atoms with van der Waals surface area (Å²) >= 11 is 1.70. The predicted molar refractivity (Wildman–Crippen MR) is 97.1 cm³/mol. The van der Waals surface area contributed by atoms with E-state index in [1.54, 1.807) is 35.6 Å². The van der Waals surface area contributed by atoms with Crippen molar-refractivity contribution >= 4 is 17.2 Å². The maximum Gasteiger partial charge on any atom is 0.251 e. The van der Waals surface area contributed by atoms with E-state index in [4.69, 9.17) is 9.26 Å². The lowest BCUT2D eigenvalue weighted by atomic mass is 10.2. The van der Waals surface area contributed by atoms with Crippen LogP contribution in [0.4, 0.5) is 0 Å². The van der Waals surface area contributed by atoms with Crippen LogP contribution in [-0.2, 0) is 13.0 Å². The topological polar surface area (TPSA) is 64.4 Å². The molecule has 0 aliphatic carbocycles. The predicted octanol–water partition coefficient (Wildman–Crippen LogP) is 3.90. The fourth-order valence-electron chi connectivity index (χ4n) is 2.42. The molecule has 0 saturated heterocycles. The first-order valence-corrected chi connectivity index (χ1v) is 8.96. The summed E-state index contributed by atoms with van der Waals surface area (Å²) in [5, 5.41) is 8.88. The van der Waals surface area contributed by atoms with Gasteiger partial charge in [0.05, 0.1) is 11.3 Å². The molecular formula is C19H20N2O3S. The quantitative estimate of drug-likeness (QED) is 0.697. The molecule has 1 N–H and O–H groups in total. The third kappa shape index (κ3) is 4.48. The molecule has 0 bridgehead atoms. The van der Waals surface area contributed by atoms with E-state index in [0.717, 1.165) is 23.4 Å². The van der Waals surface area contributed by atoms with Gasteiger partial charge in [-0.25, -0.2) is 0 Å². The first-order valence-electron chi connectivity index (χ1n) is 8.08. The molecule has 25 heavy (non-hydrogen) atoms. The van der Waals surface area contributed by atoms with Crippen molar-refractivity contribution in [3.05, 3.63) is 69.2 Å². The van der Waals surface area contributed by atoms with Gasteiger partial charge >= 0.3 is 0 Å². The van der Waals surface area contributed by atoms with Crippen molar-refractivity contribution in [2.75, 3.05) is 6.54 Å². The lowest BCUT2D eigenvalue weighted by Gasteiger charge is -2.08. The van der Waals surface area contributed by atoms with E-state index in [1.165, 1.54) is 4.88 Å². The Balaban J connectivity index is 1.50. The standard InChI is InChI=1S/C19H20N2O3S/c1-13-18(14(2)24-21-13)12-23-16-7-5-15(6-8-16)19(22)20-10-9-17-4-3-11-25-17/h3-8,11H,9-10,12H2,1-2H3,(H,20,22). The summed E-state index contributed by atoms with van der Waals surface area (Å²) in [5.74, 6) is 1.39. The van der Waals surface area contributed by atoms with Crippen LogP contribution in [0.25, 0.3) is 0 Å². The number of benzene rings is 1. The average Bonchev–Trinajstić information content (AvgIpc) is 3.24. The van der Waals surface area contributed by atoms with Gasteiger partial charge in [-0.1, -0.05) is 11.2 Å². The minimum atomic E-state index is -0.0752. The fraction of sp³-hybridized carbons (Fsp3) is 0.263. The molecule has 130 valence electrons.